The average molecular weight is 390 g/mol. The molecule has 1 saturated heterocycles. The predicted octanol–water partition coefficient (Wildman–Crippen LogP) is 3.58. The van der Waals surface area contributed by atoms with Crippen LogP contribution in [0.1, 0.15) is 34.3 Å². The van der Waals surface area contributed by atoms with E-state index in [0.717, 1.165) is 18.4 Å². The van der Waals surface area contributed by atoms with Crippen LogP contribution in [0.2, 0.25) is 0 Å². The van der Waals surface area contributed by atoms with Crippen LogP contribution in [0.5, 0.6) is 5.75 Å². The van der Waals surface area contributed by atoms with Crippen LogP contribution < -0.4 is 4.74 Å². The highest BCUT2D eigenvalue weighted by Gasteiger charge is 2.21. The number of hydrogen-bond acceptors (Lipinski definition) is 5. The Hall–Kier alpha value is -3.59. The molecule has 0 aliphatic carbocycles. The van der Waals surface area contributed by atoms with Gasteiger partial charge in [0.25, 0.3) is 5.91 Å². The first-order chi connectivity index (χ1) is 14.1. The Labute approximate surface area is 170 Å². The Kier molecular flexibility index (Phi) is 6.64. The molecule has 0 unspecified atom stereocenters. The normalized spacial score (nSPS) is 13.7. The maximum Gasteiger partial charge on any atom is 0.337 e. The van der Waals surface area contributed by atoms with Crippen LogP contribution in [0, 0.1) is 11.3 Å². The van der Waals surface area contributed by atoms with Crippen LogP contribution in [0.4, 0.5) is 0 Å². The molecule has 148 valence electrons. The van der Waals surface area contributed by atoms with E-state index in [-0.39, 0.29) is 24.1 Å². The molecule has 1 aliphatic heterocycles. The predicted molar refractivity (Wildman–Crippen MR) is 108 cm³/mol. The summed E-state index contributed by atoms with van der Waals surface area (Å²) in [4.78, 5) is 25.8. The molecular weight excluding hydrogens is 368 g/mol. The van der Waals surface area contributed by atoms with Gasteiger partial charge in [0.1, 0.15) is 24.0 Å². The number of hydrogen-bond donors (Lipinski definition) is 0. The van der Waals surface area contributed by atoms with Crippen molar-refractivity contribution >= 4 is 18.0 Å². The molecule has 0 bridgehead atoms. The van der Waals surface area contributed by atoms with Gasteiger partial charge in [-0.15, -0.1) is 0 Å². The highest BCUT2D eigenvalue weighted by molar-refractivity contribution is 6.02. The molecule has 0 radical (unpaired) electrons. The molecule has 1 heterocycles. The fourth-order valence-corrected chi connectivity index (χ4v) is 3.14. The van der Waals surface area contributed by atoms with Gasteiger partial charge in [-0.3, -0.25) is 4.79 Å². The van der Waals surface area contributed by atoms with Gasteiger partial charge < -0.3 is 14.4 Å². The second-order valence-corrected chi connectivity index (χ2v) is 6.68. The number of amides is 1. The first-order valence-electron chi connectivity index (χ1n) is 9.42. The maximum atomic E-state index is 12.5. The van der Waals surface area contributed by atoms with Crippen LogP contribution in [0.15, 0.2) is 54.1 Å². The summed E-state index contributed by atoms with van der Waals surface area (Å²) < 4.78 is 10.6. The standard InChI is InChI=1S/C23H22N2O4/c1-28-23(27)18-10-8-17(9-11-18)16-29-21-7-3-2-6-19(21)14-20(15-24)22(26)25-12-4-5-13-25/h2-3,6-11,14H,4-5,12-13,16H2,1H3/b20-14+. The van der Waals surface area contributed by atoms with Gasteiger partial charge in [0.15, 0.2) is 0 Å². The molecule has 0 aromatic heterocycles. The molecular formula is C23H22N2O4. The minimum absolute atomic E-state index is 0.102. The summed E-state index contributed by atoms with van der Waals surface area (Å²) in [5.74, 6) is -0.0515. The van der Waals surface area contributed by atoms with Crippen molar-refractivity contribution in [2.45, 2.75) is 19.4 Å². The molecule has 0 atom stereocenters. The lowest BCUT2D eigenvalue weighted by atomic mass is 10.1. The molecule has 6 heteroatoms. The molecule has 1 amide bonds. The van der Waals surface area contributed by atoms with E-state index in [1.807, 2.05) is 24.3 Å². The third-order valence-corrected chi connectivity index (χ3v) is 4.73. The lowest BCUT2D eigenvalue weighted by Gasteiger charge is -2.14. The van der Waals surface area contributed by atoms with Crippen molar-refractivity contribution in [3.05, 3.63) is 70.8 Å². The summed E-state index contributed by atoms with van der Waals surface area (Å²) >= 11 is 0. The summed E-state index contributed by atoms with van der Waals surface area (Å²) in [6.07, 6.45) is 3.52. The number of nitrogens with zero attached hydrogens (tertiary/aromatic N) is 2. The number of carbonyl (C=O) groups is 2. The van der Waals surface area contributed by atoms with Gasteiger partial charge in [0, 0.05) is 18.7 Å². The maximum absolute atomic E-state index is 12.5. The van der Waals surface area contributed by atoms with Gasteiger partial charge in [-0.05, 0) is 42.7 Å². The molecule has 0 N–H and O–H groups in total. The largest absolute Gasteiger partial charge is 0.488 e. The molecule has 1 fully saturated rings. The second-order valence-electron chi connectivity index (χ2n) is 6.68. The van der Waals surface area contributed by atoms with Gasteiger partial charge in [0.2, 0.25) is 0 Å². The molecule has 2 aromatic rings. The number of rotatable bonds is 6. The number of ether oxygens (including phenoxy) is 2. The van der Waals surface area contributed by atoms with E-state index in [2.05, 4.69) is 0 Å². The number of esters is 1. The lowest BCUT2D eigenvalue weighted by molar-refractivity contribution is -0.125. The van der Waals surface area contributed by atoms with E-state index in [0.29, 0.717) is 30.0 Å². The van der Waals surface area contributed by atoms with E-state index < -0.39 is 0 Å². The van der Waals surface area contributed by atoms with Gasteiger partial charge in [-0.2, -0.15) is 5.26 Å². The molecule has 1 aliphatic rings. The van der Waals surface area contributed by atoms with Crippen LogP contribution in [-0.4, -0.2) is 37.0 Å². The summed E-state index contributed by atoms with van der Waals surface area (Å²) in [6, 6.07) is 16.2. The first kappa shape index (κ1) is 20.2. The summed E-state index contributed by atoms with van der Waals surface area (Å²) in [7, 11) is 1.34. The van der Waals surface area contributed by atoms with Crippen LogP contribution in [0.3, 0.4) is 0 Å². The van der Waals surface area contributed by atoms with Crippen molar-refractivity contribution in [3.8, 4) is 11.8 Å². The Bertz CT molecular complexity index is 952. The van der Waals surface area contributed by atoms with Crippen molar-refractivity contribution in [1.82, 2.24) is 4.90 Å². The second kappa shape index (κ2) is 9.56. The number of para-hydroxylation sites is 1. The van der Waals surface area contributed by atoms with Gasteiger partial charge in [0.05, 0.1) is 12.7 Å². The Morgan fingerprint density at radius 2 is 1.79 bits per heavy atom. The quantitative estimate of drug-likeness (QED) is 0.428. The topological polar surface area (TPSA) is 79.6 Å². The van der Waals surface area contributed by atoms with Crippen LogP contribution in [-0.2, 0) is 16.1 Å². The van der Waals surface area contributed by atoms with Crippen LogP contribution in [0.25, 0.3) is 6.08 Å². The first-order valence-corrected chi connectivity index (χ1v) is 9.42. The zero-order valence-corrected chi connectivity index (χ0v) is 16.3. The van der Waals surface area contributed by atoms with Crippen LogP contribution >= 0.6 is 0 Å². The third-order valence-electron chi connectivity index (χ3n) is 4.73. The lowest BCUT2D eigenvalue weighted by Crippen LogP contribution is -2.28. The van der Waals surface area contributed by atoms with Crippen molar-refractivity contribution in [3.63, 3.8) is 0 Å². The SMILES string of the molecule is COC(=O)c1ccc(COc2ccccc2/C=C(\C#N)C(=O)N2CCCC2)cc1. The highest BCUT2D eigenvalue weighted by Crippen LogP contribution is 2.23. The zero-order chi connectivity index (χ0) is 20.6. The number of benzene rings is 2. The molecule has 0 spiro atoms. The summed E-state index contributed by atoms with van der Waals surface area (Å²) in [5, 5.41) is 9.46. The summed E-state index contributed by atoms with van der Waals surface area (Å²) in [6.45, 7) is 1.67. The smallest absolute Gasteiger partial charge is 0.337 e. The highest BCUT2D eigenvalue weighted by atomic mass is 16.5. The monoisotopic (exact) mass is 390 g/mol. The minimum atomic E-state index is -0.389. The molecule has 29 heavy (non-hydrogen) atoms. The molecule has 6 nitrogen and oxygen atoms in total. The summed E-state index contributed by atoms with van der Waals surface area (Å²) in [5.41, 5.74) is 2.12. The van der Waals surface area contributed by atoms with Gasteiger partial charge in [-0.1, -0.05) is 30.3 Å². The van der Waals surface area contributed by atoms with Crippen molar-refractivity contribution in [2.24, 2.45) is 0 Å². The molecule has 0 saturated carbocycles. The minimum Gasteiger partial charge on any atom is -0.488 e. The third kappa shape index (κ3) is 5.02. The fourth-order valence-electron chi connectivity index (χ4n) is 3.14. The average Bonchev–Trinajstić information content (AvgIpc) is 3.31. The van der Waals surface area contributed by atoms with Crippen molar-refractivity contribution in [1.29, 1.82) is 5.26 Å². The van der Waals surface area contributed by atoms with Gasteiger partial charge >= 0.3 is 5.97 Å². The zero-order valence-electron chi connectivity index (χ0n) is 16.3. The van der Waals surface area contributed by atoms with Gasteiger partial charge in [-0.25, -0.2) is 4.79 Å². The Morgan fingerprint density at radius 3 is 2.45 bits per heavy atom. The Morgan fingerprint density at radius 1 is 1.10 bits per heavy atom. The van der Waals surface area contributed by atoms with E-state index in [1.165, 1.54) is 7.11 Å². The number of methoxy groups -OCH3 is 1. The Balaban J connectivity index is 1.74. The van der Waals surface area contributed by atoms with Crippen molar-refractivity contribution in [2.75, 3.05) is 20.2 Å². The van der Waals surface area contributed by atoms with E-state index in [9.17, 15) is 14.9 Å². The molecule has 2 aromatic carbocycles. The van der Waals surface area contributed by atoms with E-state index >= 15 is 0 Å². The van der Waals surface area contributed by atoms with Crippen molar-refractivity contribution < 1.29 is 19.1 Å². The molecule has 3 rings (SSSR count). The number of nitriles is 1. The number of likely N-dealkylation sites (tertiary alicyclic amines) is 1. The fraction of sp³-hybridized carbons (Fsp3) is 0.261. The van der Waals surface area contributed by atoms with E-state index in [4.69, 9.17) is 9.47 Å². The van der Waals surface area contributed by atoms with E-state index in [1.54, 1.807) is 41.3 Å². The number of carbonyl (C=O) groups excluding carboxylic acids is 2.